The standard InChI is InChI=1S/C20H18Cl2N2O3/c21-14-7-4-8-15(22)17(14)19(26)24-16(11-12-5-2-1-3-6-12)18(25)20(27)23-13-9-10-13/h1-8,13,16H,9-11H2,(H,23,27)(H,24,26)/t16-/m0/s1. The van der Waals surface area contributed by atoms with E-state index in [-0.39, 0.29) is 28.1 Å². The molecule has 140 valence electrons. The third kappa shape index (κ3) is 5.08. The largest absolute Gasteiger partial charge is 0.347 e. The zero-order chi connectivity index (χ0) is 19.4. The number of rotatable bonds is 7. The number of Topliss-reactive ketones (excluding diaryl/α,β-unsaturated/α-hetero) is 1. The van der Waals surface area contributed by atoms with Gasteiger partial charge in [-0.15, -0.1) is 0 Å². The summed E-state index contributed by atoms with van der Waals surface area (Å²) in [6, 6.07) is 12.9. The minimum Gasteiger partial charge on any atom is -0.347 e. The molecule has 1 aliphatic carbocycles. The number of nitrogens with one attached hydrogen (secondary N) is 2. The summed E-state index contributed by atoms with van der Waals surface area (Å²) in [5.74, 6) is -1.98. The molecule has 0 radical (unpaired) electrons. The molecule has 0 spiro atoms. The highest BCUT2D eigenvalue weighted by atomic mass is 35.5. The fraction of sp³-hybridized carbons (Fsp3) is 0.250. The van der Waals surface area contributed by atoms with Gasteiger partial charge in [-0.3, -0.25) is 14.4 Å². The lowest BCUT2D eigenvalue weighted by Crippen LogP contribution is -2.49. The molecule has 1 aliphatic rings. The van der Waals surface area contributed by atoms with E-state index in [2.05, 4.69) is 10.6 Å². The zero-order valence-electron chi connectivity index (χ0n) is 14.4. The first kappa shape index (κ1) is 19.4. The predicted molar refractivity (Wildman–Crippen MR) is 104 cm³/mol. The van der Waals surface area contributed by atoms with Crippen molar-refractivity contribution in [3.05, 3.63) is 69.7 Å². The molecule has 5 nitrogen and oxygen atoms in total. The van der Waals surface area contributed by atoms with E-state index in [4.69, 9.17) is 23.2 Å². The number of carbonyl (C=O) groups is 3. The monoisotopic (exact) mass is 404 g/mol. The summed E-state index contributed by atoms with van der Waals surface area (Å²) in [6.45, 7) is 0. The summed E-state index contributed by atoms with van der Waals surface area (Å²) >= 11 is 12.2. The van der Waals surface area contributed by atoms with Crippen molar-refractivity contribution in [1.82, 2.24) is 10.6 Å². The van der Waals surface area contributed by atoms with Gasteiger partial charge in [0.2, 0.25) is 5.78 Å². The number of amides is 2. The van der Waals surface area contributed by atoms with E-state index in [0.29, 0.717) is 0 Å². The van der Waals surface area contributed by atoms with Crippen molar-refractivity contribution in [2.75, 3.05) is 0 Å². The third-order valence-corrected chi connectivity index (χ3v) is 4.86. The topological polar surface area (TPSA) is 75.3 Å². The van der Waals surface area contributed by atoms with Crippen LogP contribution in [-0.2, 0) is 16.0 Å². The van der Waals surface area contributed by atoms with Crippen molar-refractivity contribution in [3.8, 4) is 0 Å². The molecular formula is C20H18Cl2N2O3. The van der Waals surface area contributed by atoms with Crippen LogP contribution >= 0.6 is 23.2 Å². The molecular weight excluding hydrogens is 387 g/mol. The highest BCUT2D eigenvalue weighted by Crippen LogP contribution is 2.24. The molecule has 0 saturated heterocycles. The van der Waals surface area contributed by atoms with Gasteiger partial charge in [0.05, 0.1) is 15.6 Å². The molecule has 1 saturated carbocycles. The van der Waals surface area contributed by atoms with Gasteiger partial charge in [0.1, 0.15) is 6.04 Å². The Kier molecular flexibility index (Phi) is 6.14. The average Bonchev–Trinajstić information content (AvgIpc) is 3.45. The van der Waals surface area contributed by atoms with E-state index in [1.807, 2.05) is 30.3 Å². The van der Waals surface area contributed by atoms with Gasteiger partial charge in [0, 0.05) is 12.5 Å². The first-order chi connectivity index (χ1) is 13.0. The highest BCUT2D eigenvalue weighted by molar-refractivity contribution is 6.41. The summed E-state index contributed by atoms with van der Waals surface area (Å²) in [5.41, 5.74) is 0.898. The lowest BCUT2D eigenvalue weighted by Gasteiger charge is -2.18. The molecule has 2 aromatic rings. The Morgan fingerprint density at radius 1 is 0.963 bits per heavy atom. The van der Waals surface area contributed by atoms with Gasteiger partial charge in [-0.2, -0.15) is 0 Å². The fourth-order valence-corrected chi connectivity index (χ4v) is 3.22. The second-order valence-corrected chi connectivity index (χ2v) is 7.24. The van der Waals surface area contributed by atoms with E-state index in [0.717, 1.165) is 18.4 Å². The van der Waals surface area contributed by atoms with Crippen LogP contribution in [0.1, 0.15) is 28.8 Å². The van der Waals surface area contributed by atoms with E-state index in [1.165, 1.54) is 12.1 Å². The maximum atomic E-state index is 12.7. The van der Waals surface area contributed by atoms with E-state index in [9.17, 15) is 14.4 Å². The quantitative estimate of drug-likeness (QED) is 0.695. The Labute approximate surface area is 167 Å². The smallest absolute Gasteiger partial charge is 0.289 e. The number of hydrogen-bond donors (Lipinski definition) is 2. The summed E-state index contributed by atoms with van der Waals surface area (Å²) < 4.78 is 0. The van der Waals surface area contributed by atoms with Crippen LogP contribution in [-0.4, -0.2) is 29.7 Å². The SMILES string of the molecule is O=C(NC1CC1)C(=O)[C@H](Cc1ccccc1)NC(=O)c1c(Cl)cccc1Cl. The van der Waals surface area contributed by atoms with Crippen molar-refractivity contribution < 1.29 is 14.4 Å². The molecule has 1 fully saturated rings. The normalized spacial score (nSPS) is 14.3. The Bertz CT molecular complexity index is 847. The summed E-state index contributed by atoms with van der Waals surface area (Å²) in [4.78, 5) is 37.6. The molecule has 0 aromatic heterocycles. The second kappa shape index (κ2) is 8.55. The van der Waals surface area contributed by atoms with Crippen molar-refractivity contribution in [1.29, 1.82) is 0 Å². The highest BCUT2D eigenvalue weighted by Gasteiger charge is 2.32. The van der Waals surface area contributed by atoms with Gasteiger partial charge in [0.25, 0.3) is 11.8 Å². The Hall–Kier alpha value is -2.37. The van der Waals surface area contributed by atoms with Crippen LogP contribution in [0.4, 0.5) is 0 Å². The number of benzene rings is 2. The predicted octanol–water partition coefficient (Wildman–Crippen LogP) is 3.18. The molecule has 0 heterocycles. The van der Waals surface area contributed by atoms with Gasteiger partial charge in [-0.1, -0.05) is 59.6 Å². The van der Waals surface area contributed by atoms with Crippen molar-refractivity contribution in [2.24, 2.45) is 0 Å². The molecule has 2 aromatic carbocycles. The molecule has 2 N–H and O–H groups in total. The molecule has 0 bridgehead atoms. The average molecular weight is 405 g/mol. The first-order valence-corrected chi connectivity index (χ1v) is 9.35. The van der Waals surface area contributed by atoms with E-state index in [1.54, 1.807) is 6.07 Å². The fourth-order valence-electron chi connectivity index (χ4n) is 2.65. The molecule has 3 rings (SSSR count). The van der Waals surface area contributed by atoms with E-state index < -0.39 is 23.6 Å². The van der Waals surface area contributed by atoms with Gasteiger partial charge >= 0.3 is 0 Å². The number of carbonyl (C=O) groups excluding carboxylic acids is 3. The minimum atomic E-state index is -1.02. The lowest BCUT2D eigenvalue weighted by molar-refractivity contribution is -0.139. The van der Waals surface area contributed by atoms with Crippen LogP contribution in [0.25, 0.3) is 0 Å². The molecule has 0 unspecified atom stereocenters. The molecule has 1 atom stereocenters. The summed E-state index contributed by atoms with van der Waals surface area (Å²) in [7, 11) is 0. The van der Waals surface area contributed by atoms with Crippen LogP contribution in [0.15, 0.2) is 48.5 Å². The van der Waals surface area contributed by atoms with Gasteiger partial charge in [0.15, 0.2) is 0 Å². The number of hydrogen-bond acceptors (Lipinski definition) is 3. The van der Waals surface area contributed by atoms with Crippen molar-refractivity contribution >= 4 is 40.8 Å². The maximum absolute atomic E-state index is 12.7. The van der Waals surface area contributed by atoms with Crippen molar-refractivity contribution in [3.63, 3.8) is 0 Å². The van der Waals surface area contributed by atoms with Crippen LogP contribution in [0.5, 0.6) is 0 Å². The molecule has 0 aliphatic heterocycles. The van der Waals surface area contributed by atoms with Gasteiger partial charge in [-0.05, 0) is 30.5 Å². The van der Waals surface area contributed by atoms with Gasteiger partial charge < -0.3 is 10.6 Å². The van der Waals surface area contributed by atoms with E-state index >= 15 is 0 Å². The minimum absolute atomic E-state index is 0.0486. The molecule has 2 amide bonds. The lowest BCUT2D eigenvalue weighted by atomic mass is 10.0. The number of halogens is 2. The zero-order valence-corrected chi connectivity index (χ0v) is 15.9. The molecule has 27 heavy (non-hydrogen) atoms. The van der Waals surface area contributed by atoms with Crippen LogP contribution < -0.4 is 10.6 Å². The van der Waals surface area contributed by atoms with Gasteiger partial charge in [-0.25, -0.2) is 0 Å². The first-order valence-electron chi connectivity index (χ1n) is 8.59. The summed E-state index contributed by atoms with van der Waals surface area (Å²) in [5, 5.41) is 5.63. The Morgan fingerprint density at radius 2 is 1.59 bits per heavy atom. The van der Waals surface area contributed by atoms with Crippen molar-refractivity contribution in [2.45, 2.75) is 31.3 Å². The van der Waals surface area contributed by atoms with Crippen LogP contribution in [0.2, 0.25) is 10.0 Å². The Morgan fingerprint density at radius 3 is 2.19 bits per heavy atom. The van der Waals surface area contributed by atoms with Crippen LogP contribution in [0.3, 0.4) is 0 Å². The summed E-state index contributed by atoms with van der Waals surface area (Å²) in [6.07, 6.45) is 1.92. The maximum Gasteiger partial charge on any atom is 0.289 e. The van der Waals surface area contributed by atoms with Crippen LogP contribution in [0, 0.1) is 0 Å². The second-order valence-electron chi connectivity index (χ2n) is 6.42. The molecule has 7 heteroatoms. The third-order valence-electron chi connectivity index (χ3n) is 4.23. The number of ketones is 1. The Balaban J connectivity index is 1.81.